The maximum absolute atomic E-state index is 4.83. The summed E-state index contributed by atoms with van der Waals surface area (Å²) in [6.07, 6.45) is 0. The normalized spacial score (nSPS) is 11.2. The summed E-state index contributed by atoms with van der Waals surface area (Å²) in [6, 6.07) is 12.6. The molecule has 25 heavy (non-hydrogen) atoms. The maximum atomic E-state index is 4.83. The van der Waals surface area contributed by atoms with Crippen LogP contribution in [-0.4, -0.2) is 14.4 Å². The number of nitrogens with zero attached hydrogens (tertiary/aromatic N) is 3. The lowest BCUT2D eigenvalue weighted by Gasteiger charge is -2.14. The van der Waals surface area contributed by atoms with E-state index in [1.807, 2.05) is 6.92 Å². The summed E-state index contributed by atoms with van der Waals surface area (Å²) in [5.41, 5.74) is 6.59. The van der Waals surface area contributed by atoms with Crippen molar-refractivity contribution in [2.75, 3.05) is 5.32 Å². The maximum Gasteiger partial charge on any atom is 0.236 e. The number of nitrogens with one attached hydrogen (secondary N) is 1. The zero-order valence-electron chi connectivity index (χ0n) is 14.8. The van der Waals surface area contributed by atoms with Crippen LogP contribution in [0.3, 0.4) is 0 Å². The molecule has 0 aliphatic rings. The van der Waals surface area contributed by atoms with E-state index in [0.717, 1.165) is 39.2 Å². The fraction of sp³-hybridized carbons (Fsp3) is 0.200. The van der Waals surface area contributed by atoms with Crippen molar-refractivity contribution in [2.45, 2.75) is 27.7 Å². The molecule has 0 bridgehead atoms. The van der Waals surface area contributed by atoms with Gasteiger partial charge in [0.05, 0.1) is 4.88 Å². The van der Waals surface area contributed by atoms with Crippen LogP contribution in [0.1, 0.15) is 22.5 Å². The number of hydrogen-bond donors (Lipinski definition) is 1. The molecular formula is C20H20N4S. The van der Waals surface area contributed by atoms with Crippen molar-refractivity contribution in [1.29, 1.82) is 0 Å². The summed E-state index contributed by atoms with van der Waals surface area (Å²) in [4.78, 5) is 10.6. The predicted molar refractivity (Wildman–Crippen MR) is 105 cm³/mol. The van der Waals surface area contributed by atoms with E-state index in [1.165, 1.54) is 11.1 Å². The van der Waals surface area contributed by atoms with Gasteiger partial charge in [-0.1, -0.05) is 24.3 Å². The van der Waals surface area contributed by atoms with Gasteiger partial charge in [-0.15, -0.1) is 11.3 Å². The average Bonchev–Trinajstić information content (AvgIpc) is 3.18. The van der Waals surface area contributed by atoms with Crippen LogP contribution in [0.15, 0.2) is 41.8 Å². The number of rotatable bonds is 3. The van der Waals surface area contributed by atoms with Crippen molar-refractivity contribution in [1.82, 2.24) is 14.4 Å². The third-order valence-corrected chi connectivity index (χ3v) is 5.26. The van der Waals surface area contributed by atoms with Crippen LogP contribution in [-0.2, 0) is 0 Å². The third-order valence-electron chi connectivity index (χ3n) is 4.39. The van der Waals surface area contributed by atoms with E-state index in [9.17, 15) is 0 Å². The minimum Gasteiger partial charge on any atom is -0.339 e. The van der Waals surface area contributed by atoms with E-state index >= 15 is 0 Å². The Kier molecular flexibility index (Phi) is 3.81. The molecule has 0 fully saturated rings. The predicted octanol–water partition coefficient (Wildman–Crippen LogP) is 5.44. The quantitative estimate of drug-likeness (QED) is 0.536. The van der Waals surface area contributed by atoms with Crippen molar-refractivity contribution in [2.24, 2.45) is 0 Å². The number of para-hydroxylation sites is 1. The van der Waals surface area contributed by atoms with Crippen LogP contribution in [0.25, 0.3) is 16.3 Å². The highest BCUT2D eigenvalue weighted by Gasteiger charge is 2.19. The van der Waals surface area contributed by atoms with Crippen LogP contribution >= 0.6 is 11.3 Å². The Morgan fingerprint density at radius 1 is 0.960 bits per heavy atom. The molecule has 3 heterocycles. The Morgan fingerprint density at radius 3 is 2.40 bits per heavy atom. The molecule has 5 heteroatoms. The van der Waals surface area contributed by atoms with Gasteiger partial charge in [0.1, 0.15) is 11.5 Å². The van der Waals surface area contributed by atoms with Crippen molar-refractivity contribution in [3.8, 4) is 10.6 Å². The number of imidazole rings is 1. The minimum absolute atomic E-state index is 0.731. The van der Waals surface area contributed by atoms with Gasteiger partial charge in [0.2, 0.25) is 5.78 Å². The molecule has 4 rings (SSSR count). The summed E-state index contributed by atoms with van der Waals surface area (Å²) >= 11 is 1.69. The second kappa shape index (κ2) is 6.01. The van der Waals surface area contributed by atoms with E-state index in [0.29, 0.717) is 0 Å². The van der Waals surface area contributed by atoms with Crippen LogP contribution in [0.2, 0.25) is 0 Å². The molecule has 0 spiro atoms. The Labute approximate surface area is 151 Å². The van der Waals surface area contributed by atoms with Gasteiger partial charge in [0, 0.05) is 17.1 Å². The largest absolute Gasteiger partial charge is 0.339 e. The van der Waals surface area contributed by atoms with E-state index in [1.54, 1.807) is 11.3 Å². The number of benzene rings is 1. The third kappa shape index (κ3) is 2.70. The van der Waals surface area contributed by atoms with Crippen molar-refractivity contribution in [3.05, 3.63) is 64.3 Å². The smallest absolute Gasteiger partial charge is 0.236 e. The first-order chi connectivity index (χ1) is 12.0. The molecule has 0 saturated carbocycles. The van der Waals surface area contributed by atoms with E-state index in [-0.39, 0.29) is 0 Å². The van der Waals surface area contributed by atoms with Gasteiger partial charge in [-0.05, 0) is 56.3 Å². The Bertz CT molecular complexity index is 1040. The fourth-order valence-electron chi connectivity index (χ4n) is 3.21. The average molecular weight is 348 g/mol. The molecule has 4 aromatic rings. The molecule has 0 saturated heterocycles. The van der Waals surface area contributed by atoms with Gasteiger partial charge in [-0.2, -0.15) is 0 Å². The topological polar surface area (TPSA) is 42.2 Å². The highest BCUT2D eigenvalue weighted by Crippen LogP contribution is 2.35. The fourth-order valence-corrected chi connectivity index (χ4v) is 3.92. The minimum atomic E-state index is 0.731. The van der Waals surface area contributed by atoms with Crippen molar-refractivity contribution < 1.29 is 0 Å². The molecule has 0 radical (unpaired) electrons. The van der Waals surface area contributed by atoms with Crippen LogP contribution in [0, 0.1) is 27.7 Å². The van der Waals surface area contributed by atoms with Crippen molar-refractivity contribution >= 4 is 28.6 Å². The van der Waals surface area contributed by atoms with Crippen LogP contribution in [0.5, 0.6) is 0 Å². The lowest BCUT2D eigenvalue weighted by atomic mass is 10.1. The van der Waals surface area contributed by atoms with E-state index < -0.39 is 0 Å². The first-order valence-electron chi connectivity index (χ1n) is 8.28. The van der Waals surface area contributed by atoms with Gasteiger partial charge < -0.3 is 5.32 Å². The number of anilines is 2. The van der Waals surface area contributed by atoms with Crippen LogP contribution in [0.4, 0.5) is 11.5 Å². The Balaban J connectivity index is 1.99. The molecule has 1 N–H and O–H groups in total. The molecule has 0 unspecified atom stereocenters. The molecular weight excluding hydrogens is 328 g/mol. The molecule has 126 valence electrons. The molecule has 0 amide bonds. The van der Waals surface area contributed by atoms with E-state index in [2.05, 4.69) is 77.3 Å². The number of aromatic nitrogens is 3. The van der Waals surface area contributed by atoms with Gasteiger partial charge >= 0.3 is 0 Å². The summed E-state index contributed by atoms with van der Waals surface area (Å²) in [7, 11) is 0. The summed E-state index contributed by atoms with van der Waals surface area (Å²) in [5, 5.41) is 5.72. The van der Waals surface area contributed by atoms with Gasteiger partial charge in [0.15, 0.2) is 0 Å². The molecule has 0 aliphatic carbocycles. The zero-order chi connectivity index (χ0) is 17.6. The highest BCUT2D eigenvalue weighted by molar-refractivity contribution is 7.13. The molecule has 0 aliphatic heterocycles. The molecule has 4 nitrogen and oxygen atoms in total. The Hall–Kier alpha value is -2.66. The standard InChI is InChI=1S/C20H20N4S/c1-12-7-5-8-13(2)17(12)22-19-18(16-9-6-10-25-16)23-20-21-14(3)11-15(4)24(19)20/h5-11,22H,1-4H3. The number of fused-ring (bicyclic) bond motifs is 1. The number of hydrogen-bond acceptors (Lipinski definition) is 4. The highest BCUT2D eigenvalue weighted by atomic mass is 32.1. The molecule has 0 atom stereocenters. The second-order valence-corrected chi connectivity index (χ2v) is 7.30. The summed E-state index contributed by atoms with van der Waals surface area (Å²) in [5.74, 6) is 1.70. The Morgan fingerprint density at radius 2 is 1.72 bits per heavy atom. The number of aryl methyl sites for hydroxylation is 4. The van der Waals surface area contributed by atoms with Gasteiger partial charge in [-0.25, -0.2) is 9.97 Å². The van der Waals surface area contributed by atoms with Gasteiger partial charge in [0.25, 0.3) is 0 Å². The number of thiophene rings is 1. The van der Waals surface area contributed by atoms with Crippen LogP contribution < -0.4 is 5.32 Å². The summed E-state index contributed by atoms with van der Waals surface area (Å²) in [6.45, 7) is 8.35. The van der Waals surface area contributed by atoms with Crippen molar-refractivity contribution in [3.63, 3.8) is 0 Å². The molecule has 3 aromatic heterocycles. The zero-order valence-corrected chi connectivity index (χ0v) is 15.6. The summed E-state index contributed by atoms with van der Waals surface area (Å²) < 4.78 is 2.11. The SMILES string of the molecule is Cc1cc(C)n2c(Nc3c(C)cccc3C)c(-c3cccs3)nc2n1. The first-order valence-corrected chi connectivity index (χ1v) is 9.16. The monoisotopic (exact) mass is 348 g/mol. The van der Waals surface area contributed by atoms with Gasteiger partial charge in [-0.3, -0.25) is 4.40 Å². The van der Waals surface area contributed by atoms with E-state index in [4.69, 9.17) is 4.98 Å². The first kappa shape index (κ1) is 15.8. The second-order valence-electron chi connectivity index (χ2n) is 6.35. The lowest BCUT2D eigenvalue weighted by molar-refractivity contribution is 1.02. The molecule has 1 aromatic carbocycles. The lowest BCUT2D eigenvalue weighted by Crippen LogP contribution is -2.03.